The molecule has 0 aromatic heterocycles. The third-order valence-corrected chi connectivity index (χ3v) is 3.84. The summed E-state index contributed by atoms with van der Waals surface area (Å²) in [6, 6.07) is 13.6. The van der Waals surface area contributed by atoms with E-state index in [4.69, 9.17) is 18.9 Å². The normalized spacial score (nSPS) is 11.8. The Morgan fingerprint density at radius 2 is 0.938 bits per heavy atom. The molecule has 32 heavy (non-hydrogen) atoms. The second-order valence-electron chi connectivity index (χ2n) is 9.15. The van der Waals surface area contributed by atoms with E-state index in [1.54, 1.807) is 48.5 Å². The number of rotatable bonds is 8. The Labute approximate surface area is 190 Å². The Bertz CT molecular complexity index is 835. The highest BCUT2D eigenvalue weighted by molar-refractivity contribution is 5.90. The Morgan fingerprint density at radius 3 is 1.22 bits per heavy atom. The van der Waals surface area contributed by atoms with Gasteiger partial charge in [0, 0.05) is 0 Å². The highest BCUT2D eigenvalue weighted by Gasteiger charge is 2.18. The zero-order valence-corrected chi connectivity index (χ0v) is 19.6. The van der Waals surface area contributed by atoms with Crippen LogP contribution in [0.2, 0.25) is 0 Å². The molecule has 0 atom stereocenters. The van der Waals surface area contributed by atoms with Crippen molar-refractivity contribution in [3.63, 3.8) is 0 Å². The Morgan fingerprint density at radius 1 is 0.625 bits per heavy atom. The zero-order chi connectivity index (χ0) is 23.8. The van der Waals surface area contributed by atoms with Crippen molar-refractivity contribution >= 4 is 11.9 Å². The van der Waals surface area contributed by atoms with Crippen LogP contribution in [0.1, 0.15) is 62.3 Å². The summed E-state index contributed by atoms with van der Waals surface area (Å²) >= 11 is 0. The molecule has 0 aliphatic heterocycles. The Balaban J connectivity index is 1.72. The first-order chi connectivity index (χ1) is 14.9. The van der Waals surface area contributed by atoms with E-state index in [0.717, 1.165) is 0 Å². The van der Waals surface area contributed by atoms with Crippen LogP contribution in [0, 0.1) is 0 Å². The van der Waals surface area contributed by atoms with Crippen LogP contribution in [0.5, 0.6) is 11.5 Å². The largest absolute Gasteiger partial charge is 0.490 e. The number of carbonyl (C=O) groups excluding carboxylic acids is 2. The van der Waals surface area contributed by atoms with Crippen molar-refractivity contribution in [1.82, 2.24) is 0 Å². The first kappa shape index (κ1) is 25.0. The van der Waals surface area contributed by atoms with Crippen LogP contribution in [0.4, 0.5) is 0 Å². The fraction of sp³-hybridized carbons (Fsp3) is 0.385. The molecule has 0 aliphatic carbocycles. The third kappa shape index (κ3) is 9.25. The number of hydrogen-bond acceptors (Lipinski definition) is 6. The maximum absolute atomic E-state index is 12.0. The molecule has 0 N–H and O–H groups in total. The molecular weight excluding hydrogens is 408 g/mol. The van der Waals surface area contributed by atoms with E-state index in [1.165, 1.54) is 0 Å². The lowest BCUT2D eigenvalue weighted by Gasteiger charge is -2.19. The molecule has 0 unspecified atom stereocenters. The molecule has 0 radical (unpaired) electrons. The van der Waals surface area contributed by atoms with Gasteiger partial charge in [0.1, 0.15) is 35.9 Å². The molecule has 172 valence electrons. The molecule has 2 rings (SSSR count). The molecular formula is C26H32O6. The lowest BCUT2D eigenvalue weighted by atomic mass is 10.1. The van der Waals surface area contributed by atoms with Crippen molar-refractivity contribution in [3.05, 3.63) is 71.8 Å². The van der Waals surface area contributed by atoms with Gasteiger partial charge in [0.15, 0.2) is 0 Å². The Hall–Kier alpha value is -3.28. The summed E-state index contributed by atoms with van der Waals surface area (Å²) < 4.78 is 21.9. The van der Waals surface area contributed by atoms with Crippen molar-refractivity contribution in [2.75, 3.05) is 13.2 Å². The van der Waals surface area contributed by atoms with Crippen LogP contribution < -0.4 is 9.47 Å². The average molecular weight is 441 g/mol. The molecule has 0 fully saturated rings. The van der Waals surface area contributed by atoms with Gasteiger partial charge in [-0.2, -0.15) is 0 Å². The van der Waals surface area contributed by atoms with E-state index in [1.807, 2.05) is 53.7 Å². The van der Waals surface area contributed by atoms with Gasteiger partial charge in [0.2, 0.25) is 0 Å². The molecule has 0 heterocycles. The monoisotopic (exact) mass is 440 g/mol. The summed E-state index contributed by atoms with van der Waals surface area (Å²) in [7, 11) is 0. The molecule has 0 amide bonds. The van der Waals surface area contributed by atoms with Crippen LogP contribution in [0.3, 0.4) is 0 Å². The van der Waals surface area contributed by atoms with Gasteiger partial charge in [-0.05, 0) is 102 Å². The van der Waals surface area contributed by atoms with Gasteiger partial charge in [0.25, 0.3) is 0 Å². The molecule has 0 saturated carbocycles. The predicted molar refractivity (Wildman–Crippen MR) is 123 cm³/mol. The van der Waals surface area contributed by atoms with E-state index < -0.39 is 11.2 Å². The van der Waals surface area contributed by atoms with Gasteiger partial charge in [-0.3, -0.25) is 0 Å². The summed E-state index contributed by atoms with van der Waals surface area (Å²) in [4.78, 5) is 24.0. The fourth-order valence-corrected chi connectivity index (χ4v) is 2.47. The van der Waals surface area contributed by atoms with Crippen LogP contribution in [0.25, 0.3) is 0 Å². The highest BCUT2D eigenvalue weighted by Crippen LogP contribution is 2.17. The lowest BCUT2D eigenvalue weighted by molar-refractivity contribution is 0.00569. The first-order valence-electron chi connectivity index (χ1n) is 10.5. The second kappa shape index (κ2) is 10.8. The number of esters is 2. The smallest absolute Gasteiger partial charge is 0.338 e. The molecule has 2 aromatic carbocycles. The zero-order valence-electron chi connectivity index (χ0n) is 19.6. The minimum absolute atomic E-state index is 0.361. The first-order valence-corrected chi connectivity index (χ1v) is 10.5. The number of carbonyl (C=O) groups is 2. The van der Waals surface area contributed by atoms with Gasteiger partial charge in [0.05, 0.1) is 11.1 Å². The van der Waals surface area contributed by atoms with E-state index in [0.29, 0.717) is 35.8 Å². The van der Waals surface area contributed by atoms with Crippen LogP contribution in [-0.4, -0.2) is 36.4 Å². The molecule has 0 saturated heterocycles. The highest BCUT2D eigenvalue weighted by atomic mass is 16.6. The molecule has 6 heteroatoms. The maximum atomic E-state index is 12.0. The van der Waals surface area contributed by atoms with Crippen molar-refractivity contribution in [2.24, 2.45) is 0 Å². The van der Waals surface area contributed by atoms with Crippen molar-refractivity contribution in [1.29, 1.82) is 0 Å². The molecule has 0 spiro atoms. The van der Waals surface area contributed by atoms with Gasteiger partial charge in [-0.1, -0.05) is 0 Å². The maximum Gasteiger partial charge on any atom is 0.338 e. The van der Waals surface area contributed by atoms with Crippen LogP contribution >= 0.6 is 0 Å². The quantitative estimate of drug-likeness (QED) is 0.392. The standard InChI is InChI=1S/C26H32O6/c1-25(2,3)31-23(27)19-9-13-21(14-10-19)29-17-7-8-18-30-22-15-11-20(12-16-22)24(28)32-26(4,5)6/h7-16H,17-18H2,1-6H3/b8-7-. The molecule has 0 bridgehead atoms. The molecule has 2 aromatic rings. The predicted octanol–water partition coefficient (Wildman–Crippen LogP) is 5.61. The minimum Gasteiger partial charge on any atom is -0.490 e. The summed E-state index contributed by atoms with van der Waals surface area (Å²) in [5.74, 6) is 0.585. The lowest BCUT2D eigenvalue weighted by Crippen LogP contribution is -2.23. The third-order valence-electron chi connectivity index (χ3n) is 3.84. The summed E-state index contributed by atoms with van der Waals surface area (Å²) in [6.07, 6.45) is 3.69. The summed E-state index contributed by atoms with van der Waals surface area (Å²) in [5.41, 5.74) is -0.0961. The van der Waals surface area contributed by atoms with Crippen LogP contribution in [0.15, 0.2) is 60.7 Å². The van der Waals surface area contributed by atoms with E-state index >= 15 is 0 Å². The van der Waals surface area contributed by atoms with Crippen molar-refractivity contribution < 1.29 is 28.5 Å². The summed E-state index contributed by atoms with van der Waals surface area (Å²) in [5, 5.41) is 0. The van der Waals surface area contributed by atoms with Crippen molar-refractivity contribution in [2.45, 2.75) is 52.7 Å². The number of benzene rings is 2. The fourth-order valence-electron chi connectivity index (χ4n) is 2.47. The Kier molecular flexibility index (Phi) is 8.47. The van der Waals surface area contributed by atoms with Gasteiger partial charge < -0.3 is 18.9 Å². The number of ether oxygens (including phenoxy) is 4. The van der Waals surface area contributed by atoms with Gasteiger partial charge >= 0.3 is 11.9 Å². The molecule has 0 aliphatic rings. The van der Waals surface area contributed by atoms with Crippen molar-refractivity contribution in [3.8, 4) is 11.5 Å². The summed E-state index contributed by atoms with van der Waals surface area (Å²) in [6.45, 7) is 11.7. The average Bonchev–Trinajstić information content (AvgIpc) is 2.69. The van der Waals surface area contributed by atoms with E-state index in [9.17, 15) is 9.59 Å². The molecule has 6 nitrogen and oxygen atoms in total. The van der Waals surface area contributed by atoms with E-state index in [-0.39, 0.29) is 11.9 Å². The minimum atomic E-state index is -0.529. The topological polar surface area (TPSA) is 71.1 Å². The number of hydrogen-bond donors (Lipinski definition) is 0. The SMILES string of the molecule is CC(C)(C)OC(=O)c1ccc(OC/C=C\COc2ccc(C(=O)OC(C)(C)C)cc2)cc1. The van der Waals surface area contributed by atoms with Gasteiger partial charge in [-0.25, -0.2) is 9.59 Å². The van der Waals surface area contributed by atoms with Crippen LogP contribution in [-0.2, 0) is 9.47 Å². The second-order valence-corrected chi connectivity index (χ2v) is 9.15. The van der Waals surface area contributed by atoms with Gasteiger partial charge in [-0.15, -0.1) is 0 Å². The van der Waals surface area contributed by atoms with E-state index in [2.05, 4.69) is 0 Å².